The van der Waals surface area contributed by atoms with Crippen LogP contribution in [0.4, 0.5) is 0 Å². The topological polar surface area (TPSA) is 55.8 Å². The number of carbonyl (C=O) groups is 1. The van der Waals surface area contributed by atoms with Crippen LogP contribution in [0.5, 0.6) is 0 Å². The zero-order chi connectivity index (χ0) is 14.7. The van der Waals surface area contributed by atoms with Gasteiger partial charge >= 0.3 is 0 Å². The molecule has 1 heterocycles. The number of ether oxygens (including phenoxy) is 1. The summed E-state index contributed by atoms with van der Waals surface area (Å²) in [6.45, 7) is 10.9. The summed E-state index contributed by atoms with van der Waals surface area (Å²) in [4.78, 5) is 16.3. The third-order valence-corrected chi connectivity index (χ3v) is 3.67. The van der Waals surface area contributed by atoms with Gasteiger partial charge in [0, 0.05) is 5.92 Å². The van der Waals surface area contributed by atoms with Crippen molar-refractivity contribution in [2.24, 2.45) is 5.92 Å². The molecule has 0 aliphatic carbocycles. The fourth-order valence-electron chi connectivity index (χ4n) is 2.04. The van der Waals surface area contributed by atoms with Crippen molar-refractivity contribution in [2.45, 2.75) is 57.8 Å². The highest BCUT2D eigenvalue weighted by Gasteiger charge is 2.37. The van der Waals surface area contributed by atoms with Gasteiger partial charge in [-0.25, -0.2) is 4.89 Å². The van der Waals surface area contributed by atoms with E-state index in [1.807, 2.05) is 13.8 Å². The highest BCUT2D eigenvalue weighted by Crippen LogP contribution is 2.34. The molecule has 0 saturated carbocycles. The molecule has 0 aromatic heterocycles. The second-order valence-electron chi connectivity index (χ2n) is 5.93. The van der Waals surface area contributed by atoms with Crippen LogP contribution in [-0.2, 0) is 14.4 Å². The lowest BCUT2D eigenvalue weighted by Crippen LogP contribution is -2.29. The van der Waals surface area contributed by atoms with E-state index in [2.05, 4.69) is 11.5 Å². The summed E-state index contributed by atoms with van der Waals surface area (Å²) in [6.07, 6.45) is 6.44. The molecular weight excluding hydrogens is 244 g/mol. The van der Waals surface area contributed by atoms with E-state index in [9.17, 15) is 4.79 Å². The summed E-state index contributed by atoms with van der Waals surface area (Å²) in [7, 11) is 0. The van der Waals surface area contributed by atoms with Crippen LogP contribution in [0.2, 0.25) is 0 Å². The molecule has 108 valence electrons. The molecule has 3 atom stereocenters. The van der Waals surface area contributed by atoms with E-state index < -0.39 is 5.60 Å². The molecule has 1 fully saturated rings. The Kier molecular flexibility index (Phi) is 5.07. The molecule has 1 saturated heterocycles. The summed E-state index contributed by atoms with van der Waals surface area (Å²) in [5.74, 6) is -0.240. The van der Waals surface area contributed by atoms with Crippen molar-refractivity contribution in [3.63, 3.8) is 0 Å². The number of hydrogen-bond donors (Lipinski definition) is 1. The first-order chi connectivity index (χ1) is 8.73. The van der Waals surface area contributed by atoms with Gasteiger partial charge in [-0.1, -0.05) is 13.0 Å². The van der Waals surface area contributed by atoms with Crippen molar-refractivity contribution >= 4 is 5.78 Å². The summed E-state index contributed by atoms with van der Waals surface area (Å²) in [5, 5.41) is 8.66. The average Bonchev–Trinajstić information content (AvgIpc) is 2.78. The number of ketones is 1. The quantitative estimate of drug-likeness (QED) is 0.348. The van der Waals surface area contributed by atoms with Crippen LogP contribution in [0.3, 0.4) is 0 Å². The number of allylic oxidation sites excluding steroid dienone is 1. The van der Waals surface area contributed by atoms with Crippen molar-refractivity contribution in [1.29, 1.82) is 0 Å². The zero-order valence-corrected chi connectivity index (χ0v) is 12.2. The largest absolute Gasteiger partial charge is 0.367 e. The minimum absolute atomic E-state index is 0.0246. The molecule has 0 aromatic carbocycles. The van der Waals surface area contributed by atoms with Crippen LogP contribution in [-0.4, -0.2) is 28.3 Å². The minimum Gasteiger partial charge on any atom is -0.367 e. The molecule has 19 heavy (non-hydrogen) atoms. The standard InChI is InChI=1S/C15H24O4/c1-6-15(5)10-8-13(18-15)11(2)12(16)7-9-14(3,4)19-17/h6-7,9,11,13,17H,1,8,10H2,2-5H3/b9-7+/t11-,13-,15-/m0/s1. The lowest BCUT2D eigenvalue weighted by atomic mass is 9.94. The van der Waals surface area contributed by atoms with Crippen molar-refractivity contribution < 1.29 is 19.7 Å². The number of carbonyl (C=O) groups excluding carboxylic acids is 1. The number of rotatable bonds is 6. The Morgan fingerprint density at radius 1 is 1.63 bits per heavy atom. The van der Waals surface area contributed by atoms with Gasteiger partial charge in [0.15, 0.2) is 5.78 Å². The van der Waals surface area contributed by atoms with Gasteiger partial charge in [0.1, 0.15) is 5.60 Å². The molecule has 1 aliphatic heterocycles. The van der Waals surface area contributed by atoms with Gasteiger partial charge in [0.05, 0.1) is 11.7 Å². The Balaban J connectivity index is 2.62. The smallest absolute Gasteiger partial charge is 0.160 e. The molecular formula is C15H24O4. The molecule has 0 radical (unpaired) electrons. The van der Waals surface area contributed by atoms with E-state index in [1.165, 1.54) is 6.08 Å². The van der Waals surface area contributed by atoms with Crippen LogP contribution in [0.1, 0.15) is 40.5 Å². The highest BCUT2D eigenvalue weighted by atomic mass is 17.1. The van der Waals surface area contributed by atoms with Gasteiger partial charge in [-0.3, -0.25) is 10.1 Å². The van der Waals surface area contributed by atoms with Crippen molar-refractivity contribution in [2.75, 3.05) is 0 Å². The van der Waals surface area contributed by atoms with Crippen molar-refractivity contribution in [1.82, 2.24) is 0 Å². The normalized spacial score (nSPS) is 29.6. The maximum absolute atomic E-state index is 12.1. The monoisotopic (exact) mass is 268 g/mol. The van der Waals surface area contributed by atoms with Crippen LogP contribution in [0, 0.1) is 5.92 Å². The van der Waals surface area contributed by atoms with Crippen LogP contribution < -0.4 is 0 Å². The maximum Gasteiger partial charge on any atom is 0.160 e. The fourth-order valence-corrected chi connectivity index (χ4v) is 2.04. The molecule has 4 heteroatoms. The maximum atomic E-state index is 12.1. The van der Waals surface area contributed by atoms with Gasteiger partial charge in [-0.2, -0.15) is 0 Å². The van der Waals surface area contributed by atoms with Crippen LogP contribution in [0.15, 0.2) is 24.8 Å². The van der Waals surface area contributed by atoms with E-state index in [4.69, 9.17) is 9.99 Å². The Bertz CT molecular complexity index is 372. The van der Waals surface area contributed by atoms with Gasteiger partial charge in [-0.15, -0.1) is 6.58 Å². The molecule has 4 nitrogen and oxygen atoms in total. The Morgan fingerprint density at radius 2 is 2.26 bits per heavy atom. The zero-order valence-electron chi connectivity index (χ0n) is 12.2. The first-order valence-corrected chi connectivity index (χ1v) is 6.60. The summed E-state index contributed by atoms with van der Waals surface area (Å²) >= 11 is 0. The minimum atomic E-state index is -0.860. The Labute approximate surface area is 115 Å². The van der Waals surface area contributed by atoms with Gasteiger partial charge in [-0.05, 0) is 45.8 Å². The molecule has 1 rings (SSSR count). The average molecular weight is 268 g/mol. The first-order valence-electron chi connectivity index (χ1n) is 6.60. The highest BCUT2D eigenvalue weighted by molar-refractivity contribution is 5.92. The third kappa shape index (κ3) is 4.27. The molecule has 1 N–H and O–H groups in total. The predicted molar refractivity (Wildman–Crippen MR) is 73.8 cm³/mol. The second kappa shape index (κ2) is 5.99. The fraction of sp³-hybridized carbons (Fsp3) is 0.667. The lowest BCUT2D eigenvalue weighted by Gasteiger charge is -2.23. The summed E-state index contributed by atoms with van der Waals surface area (Å²) < 4.78 is 5.89. The molecule has 0 aromatic rings. The molecule has 0 bridgehead atoms. The van der Waals surface area contributed by atoms with E-state index in [0.29, 0.717) is 0 Å². The van der Waals surface area contributed by atoms with E-state index in [1.54, 1.807) is 26.0 Å². The van der Waals surface area contributed by atoms with Gasteiger partial charge in [0.25, 0.3) is 0 Å². The lowest BCUT2D eigenvalue weighted by molar-refractivity contribution is -0.297. The first kappa shape index (κ1) is 16.1. The Hall–Kier alpha value is -0.970. The Morgan fingerprint density at radius 3 is 2.74 bits per heavy atom. The molecule has 0 spiro atoms. The second-order valence-corrected chi connectivity index (χ2v) is 5.93. The van der Waals surface area contributed by atoms with Gasteiger partial charge in [0.2, 0.25) is 0 Å². The summed E-state index contributed by atoms with van der Waals surface area (Å²) in [6, 6.07) is 0. The molecule has 1 aliphatic rings. The predicted octanol–water partition coefficient (Wildman–Crippen LogP) is 3.14. The van der Waals surface area contributed by atoms with Crippen molar-refractivity contribution in [3.8, 4) is 0 Å². The summed E-state index contributed by atoms with van der Waals surface area (Å²) in [5.41, 5.74) is -1.18. The third-order valence-electron chi connectivity index (χ3n) is 3.67. The SMILES string of the molecule is C=C[C@@]1(C)CC[C@@H]([C@@H](C)C(=O)/C=C/C(C)(C)OO)O1. The van der Waals surface area contributed by atoms with E-state index >= 15 is 0 Å². The van der Waals surface area contributed by atoms with Crippen LogP contribution in [0.25, 0.3) is 0 Å². The molecule has 0 unspecified atom stereocenters. The van der Waals surface area contributed by atoms with Crippen LogP contribution >= 0.6 is 0 Å². The van der Waals surface area contributed by atoms with Gasteiger partial charge < -0.3 is 4.74 Å². The van der Waals surface area contributed by atoms with E-state index in [-0.39, 0.29) is 23.4 Å². The van der Waals surface area contributed by atoms with E-state index in [0.717, 1.165) is 12.8 Å². The number of hydrogen-bond acceptors (Lipinski definition) is 4. The molecule has 0 amide bonds. The van der Waals surface area contributed by atoms with Crippen molar-refractivity contribution in [3.05, 3.63) is 24.8 Å².